The van der Waals surface area contributed by atoms with Crippen molar-refractivity contribution in [2.75, 3.05) is 10.6 Å². The van der Waals surface area contributed by atoms with Crippen molar-refractivity contribution < 1.29 is 43.0 Å². The second kappa shape index (κ2) is 24.9. The van der Waals surface area contributed by atoms with Crippen LogP contribution >= 0.6 is 23.5 Å². The Morgan fingerprint density at radius 2 is 0.922 bits per heavy atom. The molecule has 0 bridgehead atoms. The predicted molar refractivity (Wildman–Crippen MR) is 303 cm³/mol. The van der Waals surface area contributed by atoms with Gasteiger partial charge in [0.1, 0.15) is 17.3 Å². The van der Waals surface area contributed by atoms with Gasteiger partial charge in [-0.2, -0.15) is 0 Å². The fourth-order valence-electron chi connectivity index (χ4n) is 9.68. The molecule has 0 saturated carbocycles. The number of thioether (sulfide) groups is 2. The van der Waals surface area contributed by atoms with Crippen LogP contribution in [-0.4, -0.2) is 39.8 Å². The molecular weight excluding hydrogens is 1000 g/mol. The van der Waals surface area contributed by atoms with Crippen LogP contribution in [0.2, 0.25) is 0 Å². The number of Topliss-reactive ketones (excluding diaryl/α,β-unsaturated/α-hetero) is 1. The first kappa shape index (κ1) is 55.4. The predicted octanol–water partition coefficient (Wildman–Crippen LogP) is 11.9. The van der Waals surface area contributed by atoms with E-state index in [1.165, 1.54) is 72.9 Å². The molecule has 7 aliphatic rings. The number of aryl methyl sites for hydroxylation is 7. The van der Waals surface area contributed by atoms with Crippen molar-refractivity contribution >= 4 is 74.7 Å². The highest BCUT2D eigenvalue weighted by Crippen LogP contribution is 2.36. The third kappa shape index (κ3) is 14.0. The average Bonchev–Trinajstić information content (AvgIpc) is 4.27. The summed E-state index contributed by atoms with van der Waals surface area (Å²) in [7, 11) is 0. The van der Waals surface area contributed by atoms with Crippen LogP contribution in [-0.2, 0) is 84.9 Å². The molecule has 13 heteroatoms. The number of nitrogens with one attached hydrogen (secondary N) is 2. The van der Waals surface area contributed by atoms with Crippen LogP contribution in [0.1, 0.15) is 83.5 Å². The molecule has 0 aromatic heterocycles. The van der Waals surface area contributed by atoms with Gasteiger partial charge in [-0.05, 0) is 139 Å². The lowest BCUT2D eigenvalue weighted by Gasteiger charge is -2.00. The highest BCUT2D eigenvalue weighted by molar-refractivity contribution is 8.14. The van der Waals surface area contributed by atoms with Gasteiger partial charge >= 0.3 is 11.9 Å². The van der Waals surface area contributed by atoms with Crippen LogP contribution in [0.4, 0.5) is 11.4 Å². The van der Waals surface area contributed by atoms with Gasteiger partial charge in [0, 0.05) is 58.0 Å². The standard InChI is InChI=1S/C10H10O.2C9H9NO.2C9H8O2.2C9H8OS/c1-7-3-2-4-8-5-9(11)6-10(7)8;1-6-3-2-4-8-7(6)5-9(11)10-8;1-6-3-2-4-7-5-8(11)10-9(6)7;1-6-3-2-4-8-7(6)5-9(10)11-8;1-6-3-2-4-7-5-8(10)11-9(6)7;1-6-3-2-4-8-7(6)5-9(10)11-8;1-6-3-2-4-7-5-8(10)11-9(6)7/h2-4H,5-6H2,1H3;2*2-4H,5H2,1H3,(H,10,11);4*2-4H,5H2,1H3. The second-order valence-corrected chi connectivity index (χ2v) is 21.8. The Morgan fingerprint density at radius 1 is 0.377 bits per heavy atom. The molecule has 7 aromatic rings. The second-order valence-electron chi connectivity index (χ2n) is 19.6. The number of carbonyl (C=O) groups excluding carboxylic acids is 7. The number of carbonyl (C=O) groups is 7. The molecule has 0 atom stereocenters. The molecular formula is C64H60N2O9S2. The van der Waals surface area contributed by atoms with E-state index in [0.29, 0.717) is 57.1 Å². The first-order valence-electron chi connectivity index (χ1n) is 25.4. The monoisotopic (exact) mass is 1060 g/mol. The molecule has 392 valence electrons. The number of para-hydroxylation sites is 2. The summed E-state index contributed by atoms with van der Waals surface area (Å²) in [4.78, 5) is 79.0. The summed E-state index contributed by atoms with van der Waals surface area (Å²) in [5.74, 6) is 1.77. The Morgan fingerprint density at radius 3 is 1.57 bits per heavy atom. The summed E-state index contributed by atoms with van der Waals surface area (Å²) in [5.41, 5.74) is 19.4. The molecule has 11 nitrogen and oxygen atoms in total. The molecule has 7 aromatic carbocycles. The van der Waals surface area contributed by atoms with Crippen molar-refractivity contribution in [3.8, 4) is 11.5 Å². The number of rotatable bonds is 0. The van der Waals surface area contributed by atoms with Gasteiger partial charge in [0.25, 0.3) is 0 Å². The molecule has 77 heavy (non-hydrogen) atoms. The molecule has 0 spiro atoms. The number of ether oxygens (including phenoxy) is 2. The Kier molecular flexibility index (Phi) is 17.9. The molecule has 2 N–H and O–H groups in total. The number of benzene rings is 7. The zero-order chi connectivity index (χ0) is 54.9. The lowest BCUT2D eigenvalue weighted by molar-refractivity contribution is -0.132. The summed E-state index contributed by atoms with van der Waals surface area (Å²) in [6.45, 7) is 14.1. The van der Waals surface area contributed by atoms with E-state index in [2.05, 4.69) is 36.6 Å². The molecule has 14 rings (SSSR count). The van der Waals surface area contributed by atoms with E-state index in [1.807, 2.05) is 150 Å². The number of esters is 2. The van der Waals surface area contributed by atoms with E-state index in [1.54, 1.807) is 0 Å². The molecule has 6 aliphatic heterocycles. The summed E-state index contributed by atoms with van der Waals surface area (Å²) >= 11 is 2.75. The van der Waals surface area contributed by atoms with Crippen LogP contribution in [0.15, 0.2) is 137 Å². The van der Waals surface area contributed by atoms with Crippen LogP contribution < -0.4 is 20.1 Å². The fraction of sp³-hybridized carbons (Fsp3) is 0.234. The Balaban J connectivity index is 0.000000119. The molecule has 0 saturated heterocycles. The third-order valence-electron chi connectivity index (χ3n) is 13.8. The molecule has 0 fully saturated rings. The van der Waals surface area contributed by atoms with E-state index in [9.17, 15) is 33.6 Å². The average molecular weight is 1070 g/mol. The summed E-state index contributed by atoms with van der Waals surface area (Å²) in [6, 6.07) is 41.7. The number of hydrogen-bond donors (Lipinski definition) is 2. The van der Waals surface area contributed by atoms with Gasteiger partial charge < -0.3 is 20.1 Å². The van der Waals surface area contributed by atoms with Gasteiger partial charge in [0.2, 0.25) is 11.8 Å². The van der Waals surface area contributed by atoms with Gasteiger partial charge in [0.15, 0.2) is 10.2 Å². The summed E-state index contributed by atoms with van der Waals surface area (Å²) in [6.07, 6.45) is 4.48. The van der Waals surface area contributed by atoms with E-state index in [-0.39, 0.29) is 34.0 Å². The van der Waals surface area contributed by atoms with Crippen LogP contribution in [0.3, 0.4) is 0 Å². The molecule has 0 radical (unpaired) electrons. The van der Waals surface area contributed by atoms with E-state index < -0.39 is 0 Å². The summed E-state index contributed by atoms with van der Waals surface area (Å²) < 4.78 is 9.95. The van der Waals surface area contributed by atoms with Crippen molar-refractivity contribution in [2.45, 2.75) is 110 Å². The molecule has 1 aliphatic carbocycles. The number of ketones is 1. The molecule has 0 unspecified atom stereocenters. The van der Waals surface area contributed by atoms with Gasteiger partial charge in [-0.15, -0.1) is 0 Å². The normalized spacial score (nSPS) is 14.8. The number of fused-ring (bicyclic) bond motifs is 7. The van der Waals surface area contributed by atoms with E-state index in [0.717, 1.165) is 66.7 Å². The topological polar surface area (TPSA) is 162 Å². The van der Waals surface area contributed by atoms with E-state index >= 15 is 0 Å². The summed E-state index contributed by atoms with van der Waals surface area (Å²) in [5, 5.41) is 6.17. The minimum atomic E-state index is -0.144. The smallest absolute Gasteiger partial charge is 0.315 e. The number of amides is 2. The number of anilines is 2. The quantitative estimate of drug-likeness (QED) is 0.110. The molecule has 6 heterocycles. The Labute approximate surface area is 458 Å². The number of hydrogen-bond acceptors (Lipinski definition) is 11. The van der Waals surface area contributed by atoms with Gasteiger partial charge in [-0.25, -0.2) is 0 Å². The van der Waals surface area contributed by atoms with Crippen LogP contribution in [0.5, 0.6) is 11.5 Å². The zero-order valence-electron chi connectivity index (χ0n) is 44.3. The van der Waals surface area contributed by atoms with Gasteiger partial charge in [-0.1, -0.05) is 133 Å². The van der Waals surface area contributed by atoms with Crippen LogP contribution in [0, 0.1) is 48.5 Å². The van der Waals surface area contributed by atoms with Crippen molar-refractivity contribution in [3.05, 3.63) is 211 Å². The minimum Gasteiger partial charge on any atom is -0.426 e. The zero-order valence-corrected chi connectivity index (χ0v) is 45.9. The molecule has 2 amide bonds. The highest BCUT2D eigenvalue weighted by Gasteiger charge is 2.25. The van der Waals surface area contributed by atoms with Crippen molar-refractivity contribution in [1.29, 1.82) is 0 Å². The third-order valence-corrected chi connectivity index (χ3v) is 15.9. The maximum absolute atomic E-state index is 11.1. The Hall–Kier alpha value is -7.87. The first-order chi connectivity index (χ1) is 36.9. The Bertz CT molecular complexity index is 2860. The first-order valence-corrected chi connectivity index (χ1v) is 27.1. The van der Waals surface area contributed by atoms with Crippen molar-refractivity contribution in [2.24, 2.45) is 0 Å². The van der Waals surface area contributed by atoms with E-state index in [4.69, 9.17) is 9.47 Å². The highest BCUT2D eigenvalue weighted by atomic mass is 32.2. The van der Waals surface area contributed by atoms with Gasteiger partial charge in [0.05, 0.1) is 25.7 Å². The van der Waals surface area contributed by atoms with Crippen LogP contribution in [0.25, 0.3) is 0 Å². The lowest BCUT2D eigenvalue weighted by Crippen LogP contribution is -2.04. The largest absolute Gasteiger partial charge is 0.426 e. The fourth-order valence-corrected chi connectivity index (χ4v) is 11.6. The minimum absolute atomic E-state index is 0.106. The maximum Gasteiger partial charge on any atom is 0.315 e. The van der Waals surface area contributed by atoms with Crippen molar-refractivity contribution in [1.82, 2.24) is 0 Å². The van der Waals surface area contributed by atoms with Gasteiger partial charge in [-0.3, -0.25) is 33.6 Å². The maximum atomic E-state index is 11.1. The lowest BCUT2D eigenvalue weighted by atomic mass is 10.1. The SMILES string of the molecule is Cc1cccc2c1CC(=O)C2.Cc1cccc2c1CC(=O)N2.Cc1cccc2c1CC(=O)O2.Cc1cccc2c1CC(=O)S2.Cc1cccc2c1NC(=O)C2.Cc1cccc2c1OC(=O)C2.Cc1cccc2c1SC(=O)C2. The van der Waals surface area contributed by atoms with Crippen molar-refractivity contribution in [3.63, 3.8) is 0 Å².